The third-order valence-electron chi connectivity index (χ3n) is 4.94. The van der Waals surface area contributed by atoms with Gasteiger partial charge in [-0.3, -0.25) is 0 Å². The summed E-state index contributed by atoms with van der Waals surface area (Å²) in [5.41, 5.74) is 7.44. The van der Waals surface area contributed by atoms with Crippen LogP contribution in [0.5, 0.6) is 0 Å². The van der Waals surface area contributed by atoms with Crippen LogP contribution in [0, 0.1) is 0 Å². The molecule has 0 aliphatic heterocycles. The molecule has 0 unspecified atom stereocenters. The number of aromatic nitrogens is 1. The smallest absolute Gasteiger partial charge is 0.227 e. The highest BCUT2D eigenvalue weighted by Crippen LogP contribution is 2.25. The van der Waals surface area contributed by atoms with E-state index in [1.165, 1.54) is 16.7 Å². The highest BCUT2D eigenvalue weighted by molar-refractivity contribution is 5.77. The molecule has 0 amide bonds. The van der Waals surface area contributed by atoms with Crippen LogP contribution in [-0.4, -0.2) is 4.98 Å². The molecule has 1 heterocycles. The molecule has 0 saturated carbocycles. The standard InChI is InChI=1S/C27H19NO/c1-2-6-22(7-3-1)23-16-12-20(13-17-23)10-11-21-14-18-24(19-15-21)27-28-25-8-4-5-9-26(25)29-27/h1-19H/b11-10+. The van der Waals surface area contributed by atoms with Crippen molar-refractivity contribution in [1.82, 2.24) is 4.98 Å². The van der Waals surface area contributed by atoms with E-state index >= 15 is 0 Å². The van der Waals surface area contributed by atoms with Crippen LogP contribution in [0.25, 0.3) is 45.8 Å². The maximum absolute atomic E-state index is 5.84. The normalized spacial score (nSPS) is 11.3. The van der Waals surface area contributed by atoms with E-state index in [9.17, 15) is 0 Å². The molecule has 2 heteroatoms. The molecule has 0 atom stereocenters. The molecule has 5 aromatic rings. The lowest BCUT2D eigenvalue weighted by molar-refractivity contribution is 0.620. The van der Waals surface area contributed by atoms with E-state index in [0.717, 1.165) is 22.2 Å². The molecule has 0 saturated heterocycles. The van der Waals surface area contributed by atoms with Crippen LogP contribution in [0.2, 0.25) is 0 Å². The molecule has 138 valence electrons. The second-order valence-corrected chi connectivity index (χ2v) is 6.93. The molecule has 4 aromatic carbocycles. The summed E-state index contributed by atoms with van der Waals surface area (Å²) in [4.78, 5) is 4.55. The van der Waals surface area contributed by atoms with Gasteiger partial charge in [0, 0.05) is 5.56 Å². The number of nitrogens with zero attached hydrogens (tertiary/aromatic N) is 1. The average molecular weight is 373 g/mol. The Hall–Kier alpha value is -3.91. The van der Waals surface area contributed by atoms with Gasteiger partial charge >= 0.3 is 0 Å². The Kier molecular flexibility index (Phi) is 4.51. The number of rotatable bonds is 4. The first-order valence-corrected chi connectivity index (χ1v) is 9.65. The first-order valence-electron chi connectivity index (χ1n) is 9.65. The highest BCUT2D eigenvalue weighted by atomic mass is 16.3. The Morgan fingerprint density at radius 1 is 0.517 bits per heavy atom. The van der Waals surface area contributed by atoms with Crippen LogP contribution in [0.1, 0.15) is 11.1 Å². The molecule has 2 nitrogen and oxygen atoms in total. The van der Waals surface area contributed by atoms with Crippen LogP contribution in [0.3, 0.4) is 0 Å². The second-order valence-electron chi connectivity index (χ2n) is 6.93. The quantitative estimate of drug-likeness (QED) is 0.308. The molecule has 0 aliphatic rings. The predicted octanol–water partition coefficient (Wildman–Crippen LogP) is 7.33. The second kappa shape index (κ2) is 7.61. The Labute approximate surface area is 169 Å². The minimum Gasteiger partial charge on any atom is -0.436 e. The summed E-state index contributed by atoms with van der Waals surface area (Å²) in [6.45, 7) is 0. The summed E-state index contributed by atoms with van der Waals surface area (Å²) in [6.07, 6.45) is 4.25. The monoisotopic (exact) mass is 373 g/mol. The lowest BCUT2D eigenvalue weighted by Gasteiger charge is -2.02. The molecule has 0 N–H and O–H groups in total. The zero-order valence-corrected chi connectivity index (χ0v) is 15.8. The van der Waals surface area contributed by atoms with E-state index in [0.29, 0.717) is 5.89 Å². The summed E-state index contributed by atoms with van der Waals surface area (Å²) >= 11 is 0. The van der Waals surface area contributed by atoms with Crippen molar-refractivity contribution in [2.45, 2.75) is 0 Å². The Morgan fingerprint density at radius 3 is 1.72 bits per heavy atom. The molecule has 0 fully saturated rings. The first-order chi connectivity index (χ1) is 14.3. The van der Waals surface area contributed by atoms with E-state index in [-0.39, 0.29) is 0 Å². The summed E-state index contributed by atoms with van der Waals surface area (Å²) in [5.74, 6) is 0.651. The van der Waals surface area contributed by atoms with Crippen molar-refractivity contribution in [1.29, 1.82) is 0 Å². The number of benzene rings is 4. The SMILES string of the molecule is C(=C\c1ccc(-c2nc3ccccc3o2)cc1)/c1ccc(-c2ccccc2)cc1. The van der Waals surface area contributed by atoms with Crippen molar-refractivity contribution in [2.24, 2.45) is 0 Å². The van der Waals surface area contributed by atoms with E-state index in [1.807, 2.05) is 42.5 Å². The van der Waals surface area contributed by atoms with E-state index < -0.39 is 0 Å². The highest BCUT2D eigenvalue weighted by Gasteiger charge is 2.07. The summed E-state index contributed by atoms with van der Waals surface area (Å²) in [7, 11) is 0. The van der Waals surface area contributed by atoms with Gasteiger partial charge in [-0.1, -0.05) is 91.0 Å². The van der Waals surface area contributed by atoms with E-state index in [1.54, 1.807) is 0 Å². The minimum absolute atomic E-state index is 0.651. The molecule has 1 aromatic heterocycles. The molecular weight excluding hydrogens is 354 g/mol. The van der Waals surface area contributed by atoms with Gasteiger partial charge in [0.15, 0.2) is 5.58 Å². The maximum atomic E-state index is 5.84. The van der Waals surface area contributed by atoms with E-state index in [4.69, 9.17) is 4.42 Å². The van der Waals surface area contributed by atoms with Crippen molar-refractivity contribution in [2.75, 3.05) is 0 Å². The Morgan fingerprint density at radius 2 is 1.07 bits per heavy atom. The maximum Gasteiger partial charge on any atom is 0.227 e. The topological polar surface area (TPSA) is 26.0 Å². The van der Waals surface area contributed by atoms with Crippen LogP contribution in [-0.2, 0) is 0 Å². The zero-order valence-electron chi connectivity index (χ0n) is 15.8. The predicted molar refractivity (Wildman–Crippen MR) is 120 cm³/mol. The fourth-order valence-corrected chi connectivity index (χ4v) is 3.34. The van der Waals surface area contributed by atoms with Gasteiger partial charge in [-0.15, -0.1) is 0 Å². The van der Waals surface area contributed by atoms with E-state index in [2.05, 4.69) is 77.8 Å². The molecule has 0 aliphatic carbocycles. The molecule has 5 rings (SSSR count). The van der Waals surface area contributed by atoms with Crippen molar-refractivity contribution in [3.8, 4) is 22.6 Å². The Balaban J connectivity index is 1.32. The van der Waals surface area contributed by atoms with Crippen molar-refractivity contribution < 1.29 is 4.42 Å². The fourth-order valence-electron chi connectivity index (χ4n) is 3.34. The third kappa shape index (κ3) is 3.74. The van der Waals surface area contributed by atoms with Crippen LogP contribution in [0.4, 0.5) is 0 Å². The van der Waals surface area contributed by atoms with Crippen LogP contribution in [0.15, 0.2) is 108 Å². The van der Waals surface area contributed by atoms with Gasteiger partial charge in [0.1, 0.15) is 5.52 Å². The van der Waals surface area contributed by atoms with Gasteiger partial charge in [-0.25, -0.2) is 4.98 Å². The van der Waals surface area contributed by atoms with Gasteiger partial charge < -0.3 is 4.42 Å². The van der Waals surface area contributed by atoms with Crippen LogP contribution >= 0.6 is 0 Å². The average Bonchev–Trinajstić information content (AvgIpc) is 3.23. The summed E-state index contributed by atoms with van der Waals surface area (Å²) < 4.78 is 5.84. The van der Waals surface area contributed by atoms with Crippen molar-refractivity contribution >= 4 is 23.3 Å². The molecule has 0 spiro atoms. The number of para-hydroxylation sites is 2. The number of oxazole rings is 1. The zero-order chi connectivity index (χ0) is 19.5. The number of hydrogen-bond donors (Lipinski definition) is 0. The molecular formula is C27H19NO. The van der Waals surface area contributed by atoms with Gasteiger partial charge in [-0.05, 0) is 46.5 Å². The lowest BCUT2D eigenvalue weighted by atomic mass is 10.0. The summed E-state index contributed by atoms with van der Waals surface area (Å²) in [5, 5.41) is 0. The molecule has 0 bridgehead atoms. The van der Waals surface area contributed by atoms with Gasteiger partial charge in [0.05, 0.1) is 0 Å². The fraction of sp³-hybridized carbons (Fsp3) is 0. The van der Waals surface area contributed by atoms with Gasteiger partial charge in [0.25, 0.3) is 0 Å². The molecule has 0 radical (unpaired) electrons. The number of hydrogen-bond acceptors (Lipinski definition) is 2. The van der Waals surface area contributed by atoms with Crippen LogP contribution < -0.4 is 0 Å². The largest absolute Gasteiger partial charge is 0.436 e. The lowest BCUT2D eigenvalue weighted by Crippen LogP contribution is -1.79. The molecule has 29 heavy (non-hydrogen) atoms. The number of fused-ring (bicyclic) bond motifs is 1. The van der Waals surface area contributed by atoms with Gasteiger partial charge in [0.2, 0.25) is 5.89 Å². The Bertz CT molecular complexity index is 1230. The van der Waals surface area contributed by atoms with Crippen molar-refractivity contribution in [3.05, 3.63) is 114 Å². The first kappa shape index (κ1) is 17.2. The summed E-state index contributed by atoms with van der Waals surface area (Å²) in [6, 6.07) is 35.1. The minimum atomic E-state index is 0.651. The van der Waals surface area contributed by atoms with Gasteiger partial charge in [-0.2, -0.15) is 0 Å². The van der Waals surface area contributed by atoms with Crippen molar-refractivity contribution in [3.63, 3.8) is 0 Å². The third-order valence-corrected chi connectivity index (χ3v) is 4.94.